The molecule has 37 heavy (non-hydrogen) atoms. The SMILES string of the molecule is COC(=O)c1ccc(C(C)NC(=O)/C(C(=N)C(F)(F)F)=C2/NCCN2c2ccc(C(F)(F)F)cc2)cc1. The Balaban J connectivity index is 1.95. The number of esters is 1. The Morgan fingerprint density at radius 2 is 1.62 bits per heavy atom. The minimum Gasteiger partial charge on any atom is -0.465 e. The second-order valence-corrected chi connectivity index (χ2v) is 8.03. The number of nitrogens with zero attached hydrogens (tertiary/aromatic N) is 1. The zero-order valence-electron chi connectivity index (χ0n) is 19.6. The summed E-state index contributed by atoms with van der Waals surface area (Å²) in [6.07, 6.45) is -9.78. The molecular formula is C24H22F6N4O3. The molecular weight excluding hydrogens is 506 g/mol. The minimum atomic E-state index is -5.18. The Morgan fingerprint density at radius 1 is 1.03 bits per heavy atom. The lowest BCUT2D eigenvalue weighted by Gasteiger charge is -2.24. The van der Waals surface area contributed by atoms with Crippen molar-refractivity contribution in [1.82, 2.24) is 10.6 Å². The van der Waals surface area contributed by atoms with Crippen molar-refractivity contribution in [3.63, 3.8) is 0 Å². The zero-order valence-corrected chi connectivity index (χ0v) is 19.6. The van der Waals surface area contributed by atoms with E-state index >= 15 is 0 Å². The fourth-order valence-corrected chi connectivity index (χ4v) is 3.66. The van der Waals surface area contributed by atoms with Crippen LogP contribution in [0.4, 0.5) is 32.0 Å². The lowest BCUT2D eigenvalue weighted by atomic mass is 10.0. The van der Waals surface area contributed by atoms with E-state index in [9.17, 15) is 35.9 Å². The highest BCUT2D eigenvalue weighted by atomic mass is 19.4. The molecule has 0 radical (unpaired) electrons. The molecule has 198 valence electrons. The van der Waals surface area contributed by atoms with Crippen LogP contribution in [0.2, 0.25) is 0 Å². The molecule has 1 fully saturated rings. The Bertz CT molecular complexity index is 1200. The second-order valence-electron chi connectivity index (χ2n) is 8.03. The molecule has 0 aliphatic carbocycles. The zero-order chi connectivity index (χ0) is 27.5. The van der Waals surface area contributed by atoms with Gasteiger partial charge in [0.2, 0.25) is 0 Å². The number of carbonyl (C=O) groups excluding carboxylic acids is 2. The summed E-state index contributed by atoms with van der Waals surface area (Å²) in [4.78, 5) is 25.9. The Morgan fingerprint density at radius 3 is 2.14 bits per heavy atom. The molecule has 1 atom stereocenters. The van der Waals surface area contributed by atoms with Crippen molar-refractivity contribution in [3.8, 4) is 0 Å². The van der Waals surface area contributed by atoms with E-state index in [0.717, 1.165) is 24.3 Å². The number of methoxy groups -OCH3 is 1. The first-order chi connectivity index (χ1) is 17.2. The largest absolute Gasteiger partial charge is 0.465 e. The number of nitrogens with one attached hydrogen (secondary N) is 3. The number of rotatable bonds is 6. The van der Waals surface area contributed by atoms with Gasteiger partial charge < -0.3 is 20.3 Å². The van der Waals surface area contributed by atoms with Gasteiger partial charge in [-0.25, -0.2) is 4.79 Å². The smallest absolute Gasteiger partial charge is 0.433 e. The molecule has 3 N–H and O–H groups in total. The summed E-state index contributed by atoms with van der Waals surface area (Å²) in [6, 6.07) is 8.71. The third kappa shape index (κ3) is 6.22. The Hall–Kier alpha value is -4.03. The van der Waals surface area contributed by atoms with Crippen LogP contribution in [0, 0.1) is 5.41 Å². The molecule has 7 nitrogen and oxygen atoms in total. The summed E-state index contributed by atoms with van der Waals surface area (Å²) in [5, 5.41) is 12.8. The molecule has 0 saturated carbocycles. The maximum atomic E-state index is 13.6. The molecule has 0 aromatic heterocycles. The van der Waals surface area contributed by atoms with E-state index in [1.807, 2.05) is 0 Å². The molecule has 13 heteroatoms. The van der Waals surface area contributed by atoms with Gasteiger partial charge in [0.15, 0.2) is 5.71 Å². The summed E-state index contributed by atoms with van der Waals surface area (Å²) in [5.74, 6) is -2.16. The van der Waals surface area contributed by atoms with Crippen molar-refractivity contribution in [2.75, 3.05) is 25.1 Å². The van der Waals surface area contributed by atoms with Gasteiger partial charge in [-0.1, -0.05) is 12.1 Å². The van der Waals surface area contributed by atoms with Crippen LogP contribution in [0.3, 0.4) is 0 Å². The normalized spacial score (nSPS) is 16.1. The van der Waals surface area contributed by atoms with Crippen molar-refractivity contribution < 1.29 is 40.7 Å². The van der Waals surface area contributed by atoms with E-state index < -0.39 is 47.1 Å². The first kappa shape index (κ1) is 27.6. The molecule has 1 aliphatic heterocycles. The molecule has 1 heterocycles. The van der Waals surface area contributed by atoms with Crippen molar-refractivity contribution in [3.05, 3.63) is 76.6 Å². The average Bonchev–Trinajstić information content (AvgIpc) is 3.32. The summed E-state index contributed by atoms with van der Waals surface area (Å²) in [5.41, 5.74) is -3.07. The van der Waals surface area contributed by atoms with E-state index in [4.69, 9.17) is 5.41 Å². The van der Waals surface area contributed by atoms with Gasteiger partial charge in [0.25, 0.3) is 5.91 Å². The molecule has 3 rings (SSSR count). The predicted octanol–water partition coefficient (Wildman–Crippen LogP) is 4.57. The monoisotopic (exact) mass is 528 g/mol. The fourth-order valence-electron chi connectivity index (χ4n) is 3.66. The van der Waals surface area contributed by atoms with Crippen LogP contribution in [-0.2, 0) is 15.7 Å². The van der Waals surface area contributed by atoms with Crippen LogP contribution in [-0.4, -0.2) is 44.0 Å². The average molecular weight is 528 g/mol. The number of amides is 1. The van der Waals surface area contributed by atoms with Gasteiger partial charge >= 0.3 is 18.3 Å². The first-order valence-electron chi connectivity index (χ1n) is 10.8. The van der Waals surface area contributed by atoms with Gasteiger partial charge in [-0.3, -0.25) is 10.2 Å². The number of hydrogen-bond donors (Lipinski definition) is 3. The number of carbonyl (C=O) groups is 2. The third-order valence-corrected chi connectivity index (χ3v) is 5.58. The van der Waals surface area contributed by atoms with Crippen molar-refractivity contribution in [1.29, 1.82) is 5.41 Å². The molecule has 2 aromatic carbocycles. The summed E-state index contributed by atoms with van der Waals surface area (Å²) >= 11 is 0. The van der Waals surface area contributed by atoms with Gasteiger partial charge in [0.1, 0.15) is 11.4 Å². The van der Waals surface area contributed by atoms with Crippen molar-refractivity contribution in [2.24, 2.45) is 0 Å². The van der Waals surface area contributed by atoms with Gasteiger partial charge in [0.05, 0.1) is 24.3 Å². The molecule has 1 unspecified atom stereocenters. The van der Waals surface area contributed by atoms with Crippen LogP contribution in [0.5, 0.6) is 0 Å². The minimum absolute atomic E-state index is 0.0488. The van der Waals surface area contributed by atoms with Crippen LogP contribution >= 0.6 is 0 Å². The van der Waals surface area contributed by atoms with Crippen LogP contribution in [0.25, 0.3) is 0 Å². The molecule has 1 saturated heterocycles. The van der Waals surface area contributed by atoms with Gasteiger partial charge in [-0.05, 0) is 48.9 Å². The Kier molecular flexibility index (Phi) is 7.84. The van der Waals surface area contributed by atoms with Crippen molar-refractivity contribution in [2.45, 2.75) is 25.3 Å². The van der Waals surface area contributed by atoms with Gasteiger partial charge in [0, 0.05) is 18.8 Å². The predicted molar refractivity (Wildman–Crippen MR) is 122 cm³/mol. The van der Waals surface area contributed by atoms with E-state index in [2.05, 4.69) is 15.4 Å². The number of ether oxygens (including phenoxy) is 1. The second kappa shape index (κ2) is 10.5. The number of alkyl halides is 6. The summed E-state index contributed by atoms with van der Waals surface area (Å²) in [6.45, 7) is 1.64. The Labute approximate surface area is 207 Å². The maximum Gasteiger partial charge on any atom is 0.433 e. The van der Waals surface area contributed by atoms with E-state index in [1.165, 1.54) is 43.2 Å². The van der Waals surface area contributed by atoms with Gasteiger partial charge in [-0.15, -0.1) is 0 Å². The van der Waals surface area contributed by atoms with E-state index in [0.29, 0.717) is 5.56 Å². The van der Waals surface area contributed by atoms with Gasteiger partial charge in [-0.2, -0.15) is 26.3 Å². The lowest BCUT2D eigenvalue weighted by molar-refractivity contribution is -0.137. The third-order valence-electron chi connectivity index (χ3n) is 5.58. The highest BCUT2D eigenvalue weighted by Gasteiger charge is 2.43. The summed E-state index contributed by atoms with van der Waals surface area (Å²) in [7, 11) is 1.20. The fraction of sp³-hybridized carbons (Fsp3) is 0.292. The first-order valence-corrected chi connectivity index (χ1v) is 10.8. The van der Waals surface area contributed by atoms with Crippen LogP contribution < -0.4 is 15.5 Å². The molecule has 1 amide bonds. The quantitative estimate of drug-likeness (QED) is 0.221. The highest BCUT2D eigenvalue weighted by Crippen LogP contribution is 2.33. The van der Waals surface area contributed by atoms with Crippen LogP contribution in [0.15, 0.2) is 59.9 Å². The summed E-state index contributed by atoms with van der Waals surface area (Å²) < 4.78 is 84.1. The number of anilines is 1. The standard InChI is InChI=1S/C24H22F6N4O3/c1-13(14-3-5-15(6-4-14)22(36)37-2)33-21(35)18(19(31)24(28,29)30)20-32-11-12-34(20)17-9-7-16(8-10-17)23(25,26)27/h3-10,13,31-32H,11-12H2,1-2H3,(H,33,35)/b20-18-,31-19?. The maximum absolute atomic E-state index is 13.6. The van der Waals surface area contributed by atoms with E-state index in [1.54, 1.807) is 0 Å². The number of benzene rings is 2. The molecule has 0 bridgehead atoms. The van der Waals surface area contributed by atoms with Crippen LogP contribution in [0.1, 0.15) is 34.5 Å². The van der Waals surface area contributed by atoms with Crippen molar-refractivity contribution >= 4 is 23.3 Å². The molecule has 2 aromatic rings. The number of hydrogen-bond acceptors (Lipinski definition) is 6. The topological polar surface area (TPSA) is 94.5 Å². The number of halogens is 6. The molecule has 1 aliphatic rings. The lowest BCUT2D eigenvalue weighted by Crippen LogP contribution is -2.39. The van der Waals surface area contributed by atoms with E-state index in [-0.39, 0.29) is 30.2 Å². The highest BCUT2D eigenvalue weighted by molar-refractivity contribution is 6.23. The molecule has 0 spiro atoms.